The zero-order valence-electron chi connectivity index (χ0n) is 42.2. The fourth-order valence-electron chi connectivity index (χ4n) is 8.08. The second kappa shape index (κ2) is 44.7. The average molecular weight is 895 g/mol. The van der Waals surface area contributed by atoms with Crippen LogP contribution in [0.15, 0.2) is 0 Å². The summed E-state index contributed by atoms with van der Waals surface area (Å²) in [4.78, 5) is 2.69. The molecule has 0 saturated carbocycles. The van der Waals surface area contributed by atoms with Crippen molar-refractivity contribution in [1.29, 1.82) is 0 Å². The van der Waals surface area contributed by atoms with Crippen LogP contribution in [0.25, 0.3) is 0 Å². The smallest absolute Gasteiger partial charge is 0.168 e. The number of nitrogens with zero attached hydrogens (tertiary/aromatic N) is 1. The van der Waals surface area contributed by atoms with E-state index in [-0.39, 0.29) is 12.6 Å². The molecule has 0 spiro atoms. The molecule has 0 aromatic carbocycles. The molecule has 0 saturated heterocycles. The largest absolute Gasteiger partial charge is 0.396 e. The Balaban J connectivity index is 4.62. The molecule has 0 fully saturated rings. The van der Waals surface area contributed by atoms with Crippen LogP contribution in [0.5, 0.6) is 0 Å². The quantitative estimate of drug-likeness (QED) is 0.0485. The monoisotopic (exact) mass is 894 g/mol. The van der Waals surface area contributed by atoms with Crippen LogP contribution < -0.4 is 0 Å². The summed E-state index contributed by atoms with van der Waals surface area (Å²) >= 11 is 0. The number of hydrogen-bond donors (Lipinski definition) is 1. The molecule has 366 valence electrons. The molecule has 6 nitrogen and oxygen atoms in total. The zero-order chi connectivity index (χ0) is 44.3. The number of hydrogen-bond acceptors (Lipinski definition) is 6. The molecule has 0 heterocycles. The van der Waals surface area contributed by atoms with Crippen molar-refractivity contribution in [2.45, 2.75) is 259 Å². The summed E-state index contributed by atoms with van der Waals surface area (Å²) in [6.07, 6.45) is 52.3. The minimum absolute atomic E-state index is 0.0257. The van der Waals surface area contributed by atoms with Gasteiger partial charge in [0.25, 0.3) is 0 Å². The first-order chi connectivity index (χ1) is 29.1. The molecule has 0 aromatic heterocycles. The minimum atomic E-state index is -1.12. The normalized spacial score (nSPS) is 14.0. The van der Waals surface area contributed by atoms with E-state index in [4.69, 9.17) is 17.8 Å². The van der Waals surface area contributed by atoms with Crippen molar-refractivity contribution < 1.29 is 22.9 Å². The first-order valence-electron chi connectivity index (χ1n) is 26.5. The first kappa shape index (κ1) is 60.5. The van der Waals surface area contributed by atoms with E-state index in [2.05, 4.69) is 57.6 Å². The van der Waals surface area contributed by atoms with E-state index in [1.807, 2.05) is 0 Å². The summed E-state index contributed by atoms with van der Waals surface area (Å²) < 4.78 is 26.3. The first-order valence-corrected chi connectivity index (χ1v) is 31.6. The average Bonchev–Trinajstić information content (AvgIpc) is 3.21. The summed E-state index contributed by atoms with van der Waals surface area (Å²) in [6.45, 7) is 14.6. The molecule has 8 heteroatoms. The van der Waals surface area contributed by atoms with Gasteiger partial charge >= 0.3 is 0 Å². The molecule has 2 unspecified atom stereocenters. The maximum Gasteiger partial charge on any atom is 0.168 e. The Labute approximate surface area is 381 Å². The van der Waals surface area contributed by atoms with Gasteiger partial charge in [-0.25, -0.2) is 0 Å². The predicted octanol–water partition coefficient (Wildman–Crippen LogP) is 16.3. The van der Waals surface area contributed by atoms with Gasteiger partial charge in [-0.1, -0.05) is 169 Å². The van der Waals surface area contributed by atoms with Gasteiger partial charge in [0, 0.05) is 19.8 Å². The maximum atomic E-state index is 9.44. The number of ether oxygens (including phenoxy) is 2. The summed E-state index contributed by atoms with van der Waals surface area (Å²) in [5, 5.41) is 9.44. The van der Waals surface area contributed by atoms with Crippen molar-refractivity contribution in [1.82, 2.24) is 4.90 Å². The molecule has 0 aliphatic heterocycles. The Hall–Kier alpha value is 0.460. The van der Waals surface area contributed by atoms with Crippen molar-refractivity contribution in [3.05, 3.63) is 0 Å². The van der Waals surface area contributed by atoms with E-state index in [1.165, 1.54) is 204 Å². The lowest BCUT2D eigenvalue weighted by Gasteiger charge is -2.35. The third-order valence-corrected chi connectivity index (χ3v) is 16.0. The van der Waals surface area contributed by atoms with Gasteiger partial charge in [0.05, 0.1) is 0 Å². The number of rotatable bonds is 50. The molecule has 0 bridgehead atoms. The predicted molar refractivity (Wildman–Crippen MR) is 273 cm³/mol. The maximum absolute atomic E-state index is 9.44. The van der Waals surface area contributed by atoms with Crippen LogP contribution in [-0.2, 0) is 17.8 Å². The van der Waals surface area contributed by atoms with Gasteiger partial charge in [0.2, 0.25) is 0 Å². The highest BCUT2D eigenvalue weighted by Crippen LogP contribution is 2.45. The van der Waals surface area contributed by atoms with E-state index in [9.17, 15) is 5.11 Å². The molecule has 0 rings (SSSR count). The highest BCUT2D eigenvalue weighted by Gasteiger charge is 2.21. The lowest BCUT2D eigenvalue weighted by atomic mass is 10.1. The molecule has 0 aliphatic rings. The number of aliphatic hydroxyl groups excluding tert-OH is 1. The minimum Gasteiger partial charge on any atom is -0.396 e. The Morgan fingerprint density at radius 3 is 1.03 bits per heavy atom. The molecule has 0 aliphatic carbocycles. The van der Waals surface area contributed by atoms with Crippen molar-refractivity contribution in [2.24, 2.45) is 0 Å². The Bertz CT molecular complexity index is 787. The molecular formula is C52H111NO5S2. The Morgan fingerprint density at radius 2 is 0.667 bits per heavy atom. The topological polar surface area (TPSA) is 60.4 Å². The van der Waals surface area contributed by atoms with Crippen LogP contribution >= 0.6 is 20.6 Å². The summed E-state index contributed by atoms with van der Waals surface area (Å²) in [5.41, 5.74) is 0. The SMILES string of the molecule is CCCCCCCCOC(CCCCCCC)OS(C)(C)CCCCCCN(CCCCO)CCCCCCS(C)(C)OC(CCCCCCC)OCCCCCCCC. The fraction of sp³-hybridized carbons (Fsp3) is 1.00. The van der Waals surface area contributed by atoms with Crippen molar-refractivity contribution in [3.63, 3.8) is 0 Å². The van der Waals surface area contributed by atoms with Crippen LogP contribution in [0, 0.1) is 0 Å². The molecule has 0 amide bonds. The summed E-state index contributed by atoms with van der Waals surface area (Å²) in [6, 6.07) is 0. The van der Waals surface area contributed by atoms with Crippen molar-refractivity contribution >= 4 is 20.6 Å². The highest BCUT2D eigenvalue weighted by molar-refractivity contribution is 8.29. The van der Waals surface area contributed by atoms with Crippen LogP contribution in [0.2, 0.25) is 0 Å². The molecule has 0 aromatic rings. The van der Waals surface area contributed by atoms with Crippen LogP contribution in [-0.4, -0.2) is 98.6 Å². The van der Waals surface area contributed by atoms with Gasteiger partial charge in [-0.2, -0.15) is 0 Å². The lowest BCUT2D eigenvalue weighted by Crippen LogP contribution is -2.27. The van der Waals surface area contributed by atoms with E-state index in [0.29, 0.717) is 6.61 Å². The van der Waals surface area contributed by atoms with Gasteiger partial charge in [-0.05, 0) is 133 Å². The van der Waals surface area contributed by atoms with E-state index >= 15 is 0 Å². The van der Waals surface area contributed by atoms with Gasteiger partial charge in [0.15, 0.2) is 12.6 Å². The second-order valence-electron chi connectivity index (χ2n) is 19.1. The molecule has 1 N–H and O–H groups in total. The van der Waals surface area contributed by atoms with E-state index in [1.54, 1.807) is 0 Å². The van der Waals surface area contributed by atoms with Crippen molar-refractivity contribution in [2.75, 3.05) is 76.0 Å². The van der Waals surface area contributed by atoms with E-state index < -0.39 is 20.6 Å². The van der Waals surface area contributed by atoms with Crippen LogP contribution in [0.3, 0.4) is 0 Å². The Kier molecular flexibility index (Phi) is 45.0. The standard InChI is InChI=1S/C52H111NO5S2/c1-9-13-17-21-27-37-47-55-51(41-31-23-19-15-11-3)57-59(5,6)49-39-29-25-33-43-53(45-35-36-46-54)44-34-26-30-40-50-60(7,8)58-52(42-32-24-20-16-12-4)56-48-38-28-22-18-14-10-2/h51-52,54H,9-50H2,1-8H3. The summed E-state index contributed by atoms with van der Waals surface area (Å²) in [5.74, 6) is 2.35. The summed E-state index contributed by atoms with van der Waals surface area (Å²) in [7, 11) is -2.25. The van der Waals surface area contributed by atoms with Gasteiger partial charge < -0.3 is 27.8 Å². The third kappa shape index (κ3) is 42.4. The van der Waals surface area contributed by atoms with Gasteiger partial charge in [0.1, 0.15) is 0 Å². The van der Waals surface area contributed by atoms with Gasteiger partial charge in [-0.15, -0.1) is 20.6 Å². The zero-order valence-corrected chi connectivity index (χ0v) is 43.8. The highest BCUT2D eigenvalue weighted by atomic mass is 32.3. The Morgan fingerprint density at radius 1 is 0.367 bits per heavy atom. The molecular weight excluding hydrogens is 783 g/mol. The molecule has 2 atom stereocenters. The van der Waals surface area contributed by atoms with Crippen molar-refractivity contribution in [3.8, 4) is 0 Å². The fourth-order valence-corrected chi connectivity index (χ4v) is 11.5. The number of aliphatic hydroxyl groups is 1. The van der Waals surface area contributed by atoms with Gasteiger partial charge in [-0.3, -0.25) is 0 Å². The molecule has 60 heavy (non-hydrogen) atoms. The number of unbranched alkanes of at least 4 members (excludes halogenated alkanes) is 25. The lowest BCUT2D eigenvalue weighted by molar-refractivity contribution is -0.0793. The third-order valence-electron chi connectivity index (χ3n) is 12.0. The van der Waals surface area contributed by atoms with E-state index in [0.717, 1.165) is 58.3 Å². The van der Waals surface area contributed by atoms with Crippen LogP contribution in [0.1, 0.15) is 246 Å². The molecule has 0 radical (unpaired) electrons. The second-order valence-corrected chi connectivity index (χ2v) is 26.1. The van der Waals surface area contributed by atoms with Crippen LogP contribution in [0.4, 0.5) is 0 Å².